The molecule has 0 amide bonds. The van der Waals surface area contributed by atoms with Crippen LogP contribution in [-0.2, 0) is 6.54 Å². The van der Waals surface area contributed by atoms with Crippen LogP contribution in [0.1, 0.15) is 15.9 Å². The molecule has 0 unspecified atom stereocenters. The van der Waals surface area contributed by atoms with E-state index in [1.165, 1.54) is 0 Å². The minimum atomic E-state index is -0.946. The van der Waals surface area contributed by atoms with Gasteiger partial charge in [0.05, 0.1) is 5.56 Å². The van der Waals surface area contributed by atoms with Crippen molar-refractivity contribution in [3.8, 4) is 0 Å². The molecule has 5 heteroatoms. The van der Waals surface area contributed by atoms with Gasteiger partial charge in [0, 0.05) is 21.7 Å². The summed E-state index contributed by atoms with van der Waals surface area (Å²) in [6.45, 7) is 0.516. The van der Waals surface area contributed by atoms with Crippen molar-refractivity contribution in [2.24, 2.45) is 0 Å². The van der Waals surface area contributed by atoms with Crippen molar-refractivity contribution in [1.82, 2.24) is 0 Å². The van der Waals surface area contributed by atoms with Crippen LogP contribution in [0, 0.1) is 0 Å². The molecule has 0 aliphatic rings. The number of carboxylic acids is 1. The second kappa shape index (κ2) is 6.08. The van der Waals surface area contributed by atoms with Gasteiger partial charge in [-0.15, -0.1) is 0 Å². The Morgan fingerprint density at radius 1 is 1.26 bits per heavy atom. The molecule has 0 atom stereocenters. The molecule has 2 N–H and O–H groups in total. The maximum Gasteiger partial charge on any atom is 0.337 e. The van der Waals surface area contributed by atoms with Gasteiger partial charge in [0.15, 0.2) is 0 Å². The molecule has 0 aliphatic carbocycles. The Morgan fingerprint density at radius 2 is 2.00 bits per heavy atom. The molecule has 0 bridgehead atoms. The molecule has 2 aromatic rings. The third kappa shape index (κ3) is 3.49. The molecule has 0 fully saturated rings. The molecule has 0 radical (unpaired) electrons. The maximum atomic E-state index is 11.1. The summed E-state index contributed by atoms with van der Waals surface area (Å²) < 4.78 is 0.889. The van der Waals surface area contributed by atoms with Gasteiger partial charge in [-0.1, -0.05) is 45.7 Å². The predicted octanol–water partition coefficient (Wildman–Crippen LogP) is 4.41. The minimum Gasteiger partial charge on any atom is -0.478 e. The fraction of sp³-hybridized carbons (Fsp3) is 0.0714. The molecule has 2 aromatic carbocycles. The number of carbonyl (C=O) groups is 1. The van der Waals surface area contributed by atoms with Crippen molar-refractivity contribution in [2.75, 3.05) is 5.32 Å². The smallest absolute Gasteiger partial charge is 0.337 e. The normalized spacial score (nSPS) is 10.2. The predicted molar refractivity (Wildman–Crippen MR) is 79.9 cm³/mol. The Morgan fingerprint density at radius 3 is 2.68 bits per heavy atom. The number of rotatable bonds is 4. The number of nitrogens with one attached hydrogen (secondary N) is 1. The highest BCUT2D eigenvalue weighted by atomic mass is 79.9. The zero-order valence-corrected chi connectivity index (χ0v) is 12.2. The average molecular weight is 341 g/mol. The summed E-state index contributed by atoms with van der Waals surface area (Å²) in [6, 6.07) is 12.3. The highest BCUT2D eigenvalue weighted by molar-refractivity contribution is 9.10. The van der Waals surface area contributed by atoms with Gasteiger partial charge in [-0.05, 0) is 29.8 Å². The fourth-order valence-corrected chi connectivity index (χ4v) is 2.50. The van der Waals surface area contributed by atoms with E-state index in [4.69, 9.17) is 16.7 Å². The van der Waals surface area contributed by atoms with E-state index in [0.717, 1.165) is 10.0 Å². The van der Waals surface area contributed by atoms with E-state index >= 15 is 0 Å². The van der Waals surface area contributed by atoms with Gasteiger partial charge >= 0.3 is 5.97 Å². The molecule has 0 aromatic heterocycles. The van der Waals surface area contributed by atoms with E-state index in [-0.39, 0.29) is 5.56 Å². The summed E-state index contributed by atoms with van der Waals surface area (Å²) in [4.78, 5) is 11.1. The summed E-state index contributed by atoms with van der Waals surface area (Å²) >= 11 is 9.30. The van der Waals surface area contributed by atoms with E-state index in [9.17, 15) is 4.79 Å². The first-order chi connectivity index (χ1) is 9.08. The molecule has 2 rings (SSSR count). The average Bonchev–Trinajstić information content (AvgIpc) is 2.38. The number of benzene rings is 2. The standard InChI is InChI=1S/C14H11BrClNO2/c15-12-7-10(16)6-5-9(12)8-17-13-4-2-1-3-11(13)14(18)19/h1-7,17H,8H2,(H,18,19). The Hall–Kier alpha value is -1.52. The number of carboxylic acid groups (broad SMARTS) is 1. The lowest BCUT2D eigenvalue weighted by atomic mass is 10.1. The van der Waals surface area contributed by atoms with Gasteiger partial charge in [0.25, 0.3) is 0 Å². The fourth-order valence-electron chi connectivity index (χ4n) is 1.68. The zero-order chi connectivity index (χ0) is 13.8. The van der Waals surface area contributed by atoms with Gasteiger partial charge in [-0.2, -0.15) is 0 Å². The van der Waals surface area contributed by atoms with Crippen LogP contribution in [0.5, 0.6) is 0 Å². The summed E-state index contributed by atoms with van der Waals surface area (Å²) in [5.41, 5.74) is 1.86. The lowest BCUT2D eigenvalue weighted by Gasteiger charge is -2.10. The maximum absolute atomic E-state index is 11.1. The highest BCUT2D eigenvalue weighted by Gasteiger charge is 2.09. The van der Waals surface area contributed by atoms with Crippen LogP contribution in [0.25, 0.3) is 0 Å². The topological polar surface area (TPSA) is 49.3 Å². The van der Waals surface area contributed by atoms with Gasteiger partial charge in [-0.3, -0.25) is 0 Å². The van der Waals surface area contributed by atoms with E-state index in [1.54, 1.807) is 30.3 Å². The quantitative estimate of drug-likeness (QED) is 0.866. The van der Waals surface area contributed by atoms with Crippen LogP contribution in [0.4, 0.5) is 5.69 Å². The van der Waals surface area contributed by atoms with Crippen LogP contribution in [-0.4, -0.2) is 11.1 Å². The first kappa shape index (κ1) is 13.9. The Labute approximate surface area is 124 Å². The molecule has 19 heavy (non-hydrogen) atoms. The molecule has 0 spiro atoms. The van der Waals surface area contributed by atoms with Crippen LogP contribution < -0.4 is 5.32 Å². The van der Waals surface area contributed by atoms with Crippen molar-refractivity contribution < 1.29 is 9.90 Å². The molecule has 0 aliphatic heterocycles. The van der Waals surface area contributed by atoms with E-state index in [2.05, 4.69) is 21.2 Å². The first-order valence-corrected chi connectivity index (χ1v) is 6.75. The van der Waals surface area contributed by atoms with Crippen LogP contribution in [0.3, 0.4) is 0 Å². The van der Waals surface area contributed by atoms with Crippen LogP contribution >= 0.6 is 27.5 Å². The Balaban J connectivity index is 2.17. The number of hydrogen-bond donors (Lipinski definition) is 2. The van der Waals surface area contributed by atoms with Crippen molar-refractivity contribution >= 4 is 39.2 Å². The molecule has 3 nitrogen and oxygen atoms in total. The van der Waals surface area contributed by atoms with Crippen molar-refractivity contribution in [3.05, 3.63) is 63.1 Å². The molecule has 0 saturated heterocycles. The molecule has 98 valence electrons. The number of anilines is 1. The van der Waals surface area contributed by atoms with E-state index in [1.807, 2.05) is 12.1 Å². The minimum absolute atomic E-state index is 0.257. The lowest BCUT2D eigenvalue weighted by molar-refractivity contribution is 0.0698. The third-order valence-electron chi connectivity index (χ3n) is 2.64. The monoisotopic (exact) mass is 339 g/mol. The second-order valence-electron chi connectivity index (χ2n) is 3.94. The molecule has 0 heterocycles. The van der Waals surface area contributed by atoms with E-state index in [0.29, 0.717) is 17.3 Å². The number of para-hydroxylation sites is 1. The van der Waals surface area contributed by atoms with Gasteiger partial charge in [-0.25, -0.2) is 4.79 Å². The summed E-state index contributed by atoms with van der Waals surface area (Å²) in [6.07, 6.45) is 0. The van der Waals surface area contributed by atoms with Gasteiger partial charge in [0.1, 0.15) is 0 Å². The Kier molecular flexibility index (Phi) is 4.45. The summed E-state index contributed by atoms with van der Waals surface area (Å²) in [5.74, 6) is -0.946. The van der Waals surface area contributed by atoms with E-state index < -0.39 is 5.97 Å². The molecular formula is C14H11BrClNO2. The van der Waals surface area contributed by atoms with Crippen molar-refractivity contribution in [3.63, 3.8) is 0 Å². The SMILES string of the molecule is O=C(O)c1ccccc1NCc1ccc(Cl)cc1Br. The second-order valence-corrected chi connectivity index (χ2v) is 5.23. The van der Waals surface area contributed by atoms with Crippen molar-refractivity contribution in [1.29, 1.82) is 0 Å². The van der Waals surface area contributed by atoms with Crippen LogP contribution in [0.15, 0.2) is 46.9 Å². The Bertz CT molecular complexity index is 616. The lowest BCUT2D eigenvalue weighted by Crippen LogP contribution is -2.06. The highest BCUT2D eigenvalue weighted by Crippen LogP contribution is 2.23. The third-order valence-corrected chi connectivity index (χ3v) is 3.62. The zero-order valence-electron chi connectivity index (χ0n) is 9.86. The summed E-state index contributed by atoms with van der Waals surface area (Å²) in [7, 11) is 0. The number of aromatic carboxylic acids is 1. The largest absolute Gasteiger partial charge is 0.478 e. The number of hydrogen-bond acceptors (Lipinski definition) is 2. The van der Waals surface area contributed by atoms with Gasteiger partial charge in [0.2, 0.25) is 0 Å². The first-order valence-electron chi connectivity index (χ1n) is 5.58. The summed E-state index contributed by atoms with van der Waals surface area (Å²) in [5, 5.41) is 12.9. The van der Waals surface area contributed by atoms with Gasteiger partial charge < -0.3 is 10.4 Å². The van der Waals surface area contributed by atoms with Crippen LogP contribution in [0.2, 0.25) is 5.02 Å². The molecule has 0 saturated carbocycles. The number of halogens is 2. The van der Waals surface area contributed by atoms with Crippen molar-refractivity contribution in [2.45, 2.75) is 6.54 Å². The molecular weight excluding hydrogens is 330 g/mol.